The molecule has 7 nitrogen and oxygen atoms in total. The number of carbonyl (C=O) groups excluding carboxylic acids is 2. The SMILES string of the molecule is CC(C)(C)CC(=O)Nc1c2c(nn1CC(=O)NCc1ccco1)CSC2. The molecule has 140 valence electrons. The third-order valence-electron chi connectivity index (χ3n) is 3.90. The van der Waals surface area contributed by atoms with Crippen LogP contribution in [0.1, 0.15) is 44.2 Å². The standard InChI is InChI=1S/C18H24N4O3S/c1-18(2,3)7-15(23)20-17-13-10-26-11-14(13)21-22(17)9-16(24)19-8-12-5-4-6-25-12/h4-6H,7-11H2,1-3H3,(H,19,24)(H,20,23). The molecule has 2 aromatic rings. The lowest BCUT2D eigenvalue weighted by molar-refractivity contribution is -0.122. The Morgan fingerprint density at radius 1 is 1.31 bits per heavy atom. The highest BCUT2D eigenvalue weighted by Crippen LogP contribution is 2.35. The van der Waals surface area contributed by atoms with E-state index in [2.05, 4.69) is 15.7 Å². The number of nitrogens with one attached hydrogen (secondary N) is 2. The average Bonchev–Trinajstić information content (AvgIpc) is 3.23. The number of nitrogens with zero attached hydrogens (tertiary/aromatic N) is 2. The second kappa shape index (κ2) is 7.57. The zero-order chi connectivity index (χ0) is 18.7. The molecule has 0 bridgehead atoms. The van der Waals surface area contributed by atoms with E-state index in [1.807, 2.05) is 20.8 Å². The number of thioether (sulfide) groups is 1. The number of furan rings is 1. The van der Waals surface area contributed by atoms with Crippen LogP contribution in [-0.4, -0.2) is 21.6 Å². The number of aromatic nitrogens is 2. The van der Waals surface area contributed by atoms with E-state index in [4.69, 9.17) is 4.42 Å². The molecule has 0 aliphatic carbocycles. The fraction of sp³-hybridized carbons (Fsp3) is 0.500. The van der Waals surface area contributed by atoms with Crippen LogP contribution in [0.2, 0.25) is 0 Å². The van der Waals surface area contributed by atoms with Crippen molar-refractivity contribution >= 4 is 29.4 Å². The summed E-state index contributed by atoms with van der Waals surface area (Å²) >= 11 is 1.76. The van der Waals surface area contributed by atoms with Crippen molar-refractivity contribution < 1.29 is 14.0 Å². The highest BCUT2D eigenvalue weighted by atomic mass is 32.2. The zero-order valence-electron chi connectivity index (χ0n) is 15.3. The molecule has 0 fully saturated rings. The molecule has 2 amide bonds. The number of fused-ring (bicyclic) bond motifs is 1. The molecule has 8 heteroatoms. The number of hydrogen-bond donors (Lipinski definition) is 2. The second-order valence-electron chi connectivity index (χ2n) is 7.57. The van der Waals surface area contributed by atoms with Gasteiger partial charge in [-0.05, 0) is 17.5 Å². The van der Waals surface area contributed by atoms with Crippen LogP contribution in [0, 0.1) is 5.41 Å². The Hall–Kier alpha value is -2.22. The number of hydrogen-bond acceptors (Lipinski definition) is 5. The normalized spacial score (nSPS) is 13.5. The van der Waals surface area contributed by atoms with E-state index in [1.54, 1.807) is 34.8 Å². The monoisotopic (exact) mass is 376 g/mol. The Bertz CT molecular complexity index is 790. The summed E-state index contributed by atoms with van der Waals surface area (Å²) in [6.45, 7) is 6.45. The lowest BCUT2D eigenvalue weighted by Gasteiger charge is -2.18. The van der Waals surface area contributed by atoms with Crippen molar-refractivity contribution in [1.82, 2.24) is 15.1 Å². The number of anilines is 1. The Morgan fingerprint density at radius 2 is 2.12 bits per heavy atom. The molecule has 2 aromatic heterocycles. The Balaban J connectivity index is 1.68. The molecule has 0 saturated heterocycles. The first-order valence-corrected chi connectivity index (χ1v) is 9.72. The van der Waals surface area contributed by atoms with Gasteiger partial charge in [-0.3, -0.25) is 9.59 Å². The molecule has 2 N–H and O–H groups in total. The molecule has 0 atom stereocenters. The predicted molar refractivity (Wildman–Crippen MR) is 100 cm³/mol. The summed E-state index contributed by atoms with van der Waals surface area (Å²) in [5.74, 6) is 2.70. The van der Waals surface area contributed by atoms with Crippen LogP contribution in [0.4, 0.5) is 5.82 Å². The minimum atomic E-state index is -0.179. The summed E-state index contributed by atoms with van der Waals surface area (Å²) in [6, 6.07) is 3.58. The molecule has 1 aliphatic rings. The lowest BCUT2D eigenvalue weighted by atomic mass is 9.92. The van der Waals surface area contributed by atoms with Gasteiger partial charge in [-0.25, -0.2) is 4.68 Å². The van der Waals surface area contributed by atoms with Crippen molar-refractivity contribution in [3.63, 3.8) is 0 Å². The lowest BCUT2D eigenvalue weighted by Crippen LogP contribution is -2.29. The van der Waals surface area contributed by atoms with Crippen LogP contribution >= 0.6 is 11.8 Å². The van der Waals surface area contributed by atoms with Gasteiger partial charge in [0.05, 0.1) is 18.5 Å². The van der Waals surface area contributed by atoms with Gasteiger partial charge in [0, 0.05) is 23.5 Å². The third kappa shape index (κ3) is 4.69. The molecule has 1 aliphatic heterocycles. The van der Waals surface area contributed by atoms with Crippen molar-refractivity contribution in [2.45, 2.75) is 51.8 Å². The van der Waals surface area contributed by atoms with Crippen LogP contribution in [-0.2, 0) is 34.2 Å². The molecule has 26 heavy (non-hydrogen) atoms. The molecular formula is C18H24N4O3S. The van der Waals surface area contributed by atoms with E-state index in [0.29, 0.717) is 24.5 Å². The van der Waals surface area contributed by atoms with Crippen LogP contribution in [0.3, 0.4) is 0 Å². The van der Waals surface area contributed by atoms with Gasteiger partial charge in [0.1, 0.15) is 18.1 Å². The second-order valence-corrected chi connectivity index (χ2v) is 8.55. The van der Waals surface area contributed by atoms with Crippen molar-refractivity contribution in [1.29, 1.82) is 0 Å². The van der Waals surface area contributed by atoms with E-state index < -0.39 is 0 Å². The van der Waals surface area contributed by atoms with E-state index >= 15 is 0 Å². The Labute approximate surface area is 156 Å². The Kier molecular flexibility index (Phi) is 5.41. The van der Waals surface area contributed by atoms with Crippen LogP contribution in [0.5, 0.6) is 0 Å². The van der Waals surface area contributed by atoms with Crippen molar-refractivity contribution in [3.05, 3.63) is 35.4 Å². The van der Waals surface area contributed by atoms with E-state index in [1.165, 1.54) is 0 Å². The molecule has 0 unspecified atom stereocenters. The van der Waals surface area contributed by atoms with Crippen LogP contribution in [0.25, 0.3) is 0 Å². The summed E-state index contributed by atoms with van der Waals surface area (Å²) in [5, 5.41) is 10.3. The average molecular weight is 376 g/mol. The summed E-state index contributed by atoms with van der Waals surface area (Å²) < 4.78 is 6.81. The first kappa shape index (κ1) is 18.6. The molecule has 3 rings (SSSR count). The van der Waals surface area contributed by atoms with Crippen molar-refractivity contribution in [3.8, 4) is 0 Å². The molecule has 0 aromatic carbocycles. The van der Waals surface area contributed by atoms with Gasteiger partial charge in [0.25, 0.3) is 0 Å². The maximum atomic E-state index is 12.4. The van der Waals surface area contributed by atoms with E-state index in [-0.39, 0.29) is 23.8 Å². The highest BCUT2D eigenvalue weighted by molar-refractivity contribution is 7.98. The maximum Gasteiger partial charge on any atom is 0.242 e. The third-order valence-corrected chi connectivity index (χ3v) is 4.87. The number of rotatable bonds is 6. The van der Waals surface area contributed by atoms with Gasteiger partial charge in [-0.15, -0.1) is 0 Å². The summed E-state index contributed by atoms with van der Waals surface area (Å²) in [7, 11) is 0. The largest absolute Gasteiger partial charge is 0.467 e. The fourth-order valence-corrected chi connectivity index (χ4v) is 3.80. The highest BCUT2D eigenvalue weighted by Gasteiger charge is 2.26. The van der Waals surface area contributed by atoms with Crippen LogP contribution < -0.4 is 10.6 Å². The van der Waals surface area contributed by atoms with Gasteiger partial charge >= 0.3 is 0 Å². The van der Waals surface area contributed by atoms with Gasteiger partial charge < -0.3 is 15.1 Å². The van der Waals surface area contributed by atoms with Gasteiger partial charge in [-0.2, -0.15) is 16.9 Å². The Morgan fingerprint density at radius 3 is 2.81 bits per heavy atom. The van der Waals surface area contributed by atoms with Gasteiger partial charge in [0.2, 0.25) is 11.8 Å². The minimum Gasteiger partial charge on any atom is -0.467 e. The number of carbonyl (C=O) groups is 2. The van der Waals surface area contributed by atoms with E-state index in [0.717, 1.165) is 22.8 Å². The summed E-state index contributed by atoms with van der Waals surface area (Å²) in [6.07, 6.45) is 1.98. The molecule has 0 saturated carbocycles. The topological polar surface area (TPSA) is 89.2 Å². The summed E-state index contributed by atoms with van der Waals surface area (Å²) in [5.41, 5.74) is 1.86. The molecule has 3 heterocycles. The first-order chi connectivity index (χ1) is 12.3. The predicted octanol–water partition coefficient (Wildman–Crippen LogP) is 2.91. The summed E-state index contributed by atoms with van der Waals surface area (Å²) in [4.78, 5) is 24.6. The smallest absolute Gasteiger partial charge is 0.242 e. The fourth-order valence-electron chi connectivity index (χ4n) is 2.77. The van der Waals surface area contributed by atoms with Crippen molar-refractivity contribution in [2.24, 2.45) is 5.41 Å². The molecular weight excluding hydrogens is 352 g/mol. The van der Waals surface area contributed by atoms with Crippen LogP contribution in [0.15, 0.2) is 22.8 Å². The first-order valence-electron chi connectivity index (χ1n) is 8.57. The minimum absolute atomic E-state index is 0.0590. The van der Waals surface area contributed by atoms with Crippen molar-refractivity contribution in [2.75, 3.05) is 5.32 Å². The maximum absolute atomic E-state index is 12.4. The molecule has 0 radical (unpaired) electrons. The van der Waals surface area contributed by atoms with Gasteiger partial charge in [-0.1, -0.05) is 20.8 Å². The molecule has 0 spiro atoms. The zero-order valence-corrected chi connectivity index (χ0v) is 16.1. The van der Waals surface area contributed by atoms with Gasteiger partial charge in [0.15, 0.2) is 0 Å². The number of amides is 2. The van der Waals surface area contributed by atoms with E-state index in [9.17, 15) is 9.59 Å². The quantitative estimate of drug-likeness (QED) is 0.809.